The molecular weight excluding hydrogens is 258 g/mol. The van der Waals surface area contributed by atoms with Gasteiger partial charge in [0.05, 0.1) is 12.2 Å². The minimum Gasteiger partial charge on any atom is -0.374 e. The summed E-state index contributed by atoms with van der Waals surface area (Å²) in [4.78, 5) is 11.0. The van der Waals surface area contributed by atoms with Crippen molar-refractivity contribution in [3.63, 3.8) is 0 Å². The van der Waals surface area contributed by atoms with Crippen molar-refractivity contribution in [2.75, 3.05) is 30.0 Å². The molecule has 1 aromatic rings. The molecule has 0 aliphatic carbocycles. The van der Waals surface area contributed by atoms with Crippen molar-refractivity contribution in [2.24, 2.45) is 5.84 Å². The van der Waals surface area contributed by atoms with Crippen molar-refractivity contribution < 1.29 is 9.47 Å². The van der Waals surface area contributed by atoms with Gasteiger partial charge in [0.25, 0.3) is 0 Å². The monoisotopic (exact) mass is 281 g/mol. The van der Waals surface area contributed by atoms with Gasteiger partial charge in [-0.2, -0.15) is 0 Å². The lowest BCUT2D eigenvalue weighted by atomic mass is 10.2. The van der Waals surface area contributed by atoms with Crippen molar-refractivity contribution >= 4 is 11.6 Å². The first kappa shape index (κ1) is 15.0. The molecule has 0 saturated carbocycles. The molecule has 20 heavy (non-hydrogen) atoms. The van der Waals surface area contributed by atoms with Crippen molar-refractivity contribution in [3.05, 3.63) is 11.9 Å². The van der Waals surface area contributed by atoms with Gasteiger partial charge in [-0.1, -0.05) is 0 Å². The fourth-order valence-corrected chi connectivity index (χ4v) is 2.34. The van der Waals surface area contributed by atoms with Crippen molar-refractivity contribution in [3.8, 4) is 0 Å². The second-order valence-electron chi connectivity index (χ2n) is 4.97. The second kappa shape index (κ2) is 6.83. The van der Waals surface area contributed by atoms with Gasteiger partial charge in [-0.05, 0) is 20.8 Å². The molecule has 2 heterocycles. The van der Waals surface area contributed by atoms with E-state index in [1.165, 1.54) is 0 Å². The van der Waals surface area contributed by atoms with E-state index in [4.69, 9.17) is 15.3 Å². The topological polar surface area (TPSA) is 85.5 Å². The third-order valence-corrected chi connectivity index (χ3v) is 3.09. The Kier molecular flexibility index (Phi) is 5.11. The molecule has 112 valence electrons. The molecule has 0 spiro atoms. The third kappa shape index (κ3) is 3.78. The summed E-state index contributed by atoms with van der Waals surface area (Å²) in [5.41, 5.74) is 2.58. The molecule has 3 N–H and O–H groups in total. The van der Waals surface area contributed by atoms with Crippen LogP contribution in [0.15, 0.2) is 6.07 Å². The Morgan fingerprint density at radius 2 is 2.10 bits per heavy atom. The van der Waals surface area contributed by atoms with Gasteiger partial charge in [0.2, 0.25) is 0 Å². The summed E-state index contributed by atoms with van der Waals surface area (Å²) >= 11 is 0. The SMILES string of the molecule is CCOCc1nc(NN)cc(N2C[C@@H](C)O[C@@H](C)C2)n1. The Morgan fingerprint density at radius 1 is 1.40 bits per heavy atom. The molecule has 0 aromatic carbocycles. The summed E-state index contributed by atoms with van der Waals surface area (Å²) in [7, 11) is 0. The molecule has 1 saturated heterocycles. The zero-order valence-electron chi connectivity index (χ0n) is 12.3. The van der Waals surface area contributed by atoms with E-state index in [-0.39, 0.29) is 12.2 Å². The van der Waals surface area contributed by atoms with Crippen LogP contribution < -0.4 is 16.2 Å². The lowest BCUT2D eigenvalue weighted by Crippen LogP contribution is -2.46. The number of nitrogen functional groups attached to an aromatic ring is 1. The zero-order valence-corrected chi connectivity index (χ0v) is 12.3. The van der Waals surface area contributed by atoms with Crippen LogP contribution in [0.1, 0.15) is 26.6 Å². The quantitative estimate of drug-likeness (QED) is 0.613. The maximum absolute atomic E-state index is 5.74. The fraction of sp³-hybridized carbons (Fsp3) is 0.692. The van der Waals surface area contributed by atoms with Crippen LogP contribution in [-0.2, 0) is 16.1 Å². The molecule has 0 radical (unpaired) electrons. The highest BCUT2D eigenvalue weighted by Crippen LogP contribution is 2.20. The Hall–Kier alpha value is -1.44. The average molecular weight is 281 g/mol. The molecule has 1 aliphatic heterocycles. The summed E-state index contributed by atoms with van der Waals surface area (Å²) in [6.45, 7) is 8.69. The van der Waals surface area contributed by atoms with Crippen LogP contribution in [0.2, 0.25) is 0 Å². The standard InChI is InChI=1S/C13H23N5O2/c1-4-19-8-12-15-11(17-14)5-13(16-12)18-6-9(2)20-10(3)7-18/h5,9-10H,4,6-8,14H2,1-3H3,(H,15,16,17)/t9-,10+. The molecule has 2 rings (SSSR count). The van der Waals surface area contributed by atoms with E-state index in [2.05, 4.69) is 34.1 Å². The normalized spacial score (nSPS) is 22.9. The van der Waals surface area contributed by atoms with Gasteiger partial charge in [0, 0.05) is 25.8 Å². The number of anilines is 2. The van der Waals surface area contributed by atoms with E-state index in [0.717, 1.165) is 18.9 Å². The molecule has 2 atom stereocenters. The number of nitrogens with one attached hydrogen (secondary N) is 1. The number of ether oxygens (including phenoxy) is 2. The van der Waals surface area contributed by atoms with Crippen molar-refractivity contribution in [1.82, 2.24) is 9.97 Å². The lowest BCUT2D eigenvalue weighted by Gasteiger charge is -2.36. The number of nitrogens with two attached hydrogens (primary N) is 1. The Morgan fingerprint density at radius 3 is 2.70 bits per heavy atom. The first-order chi connectivity index (χ1) is 9.62. The van der Waals surface area contributed by atoms with Gasteiger partial charge in [-0.25, -0.2) is 15.8 Å². The van der Waals surface area contributed by atoms with Crippen molar-refractivity contribution in [1.29, 1.82) is 0 Å². The van der Waals surface area contributed by atoms with Crippen LogP contribution in [0.5, 0.6) is 0 Å². The summed E-state index contributed by atoms with van der Waals surface area (Å²) in [6.07, 6.45) is 0.358. The number of morpholine rings is 1. The van der Waals surface area contributed by atoms with Crippen LogP contribution >= 0.6 is 0 Å². The van der Waals surface area contributed by atoms with Gasteiger partial charge in [0.15, 0.2) is 5.82 Å². The predicted molar refractivity (Wildman–Crippen MR) is 77.4 cm³/mol. The van der Waals surface area contributed by atoms with Crippen LogP contribution in [0, 0.1) is 0 Å². The highest BCUT2D eigenvalue weighted by atomic mass is 16.5. The van der Waals surface area contributed by atoms with Crippen LogP contribution in [0.3, 0.4) is 0 Å². The second-order valence-corrected chi connectivity index (χ2v) is 4.97. The van der Waals surface area contributed by atoms with E-state index < -0.39 is 0 Å². The zero-order chi connectivity index (χ0) is 14.5. The van der Waals surface area contributed by atoms with E-state index in [1.54, 1.807) is 0 Å². The summed E-state index contributed by atoms with van der Waals surface area (Å²) in [6, 6.07) is 1.85. The fourth-order valence-electron chi connectivity index (χ4n) is 2.34. The first-order valence-electron chi connectivity index (χ1n) is 6.95. The van der Waals surface area contributed by atoms with Crippen LogP contribution in [0.4, 0.5) is 11.6 Å². The maximum Gasteiger partial charge on any atom is 0.158 e. The predicted octanol–water partition coefficient (Wildman–Crippen LogP) is 0.912. The van der Waals surface area contributed by atoms with Gasteiger partial charge in [0.1, 0.15) is 18.2 Å². The number of hydrazine groups is 1. The number of hydrogen-bond donors (Lipinski definition) is 2. The minimum atomic E-state index is 0.179. The molecule has 0 unspecified atom stereocenters. The largest absolute Gasteiger partial charge is 0.374 e. The van der Waals surface area contributed by atoms with E-state index in [9.17, 15) is 0 Å². The van der Waals surface area contributed by atoms with Gasteiger partial charge < -0.3 is 19.8 Å². The number of aromatic nitrogens is 2. The van der Waals surface area contributed by atoms with E-state index in [1.807, 2.05) is 13.0 Å². The lowest BCUT2D eigenvalue weighted by molar-refractivity contribution is -0.00549. The average Bonchev–Trinajstić information content (AvgIpc) is 2.43. The van der Waals surface area contributed by atoms with Gasteiger partial charge in [-0.15, -0.1) is 0 Å². The van der Waals surface area contributed by atoms with Crippen molar-refractivity contribution in [2.45, 2.75) is 39.6 Å². The molecule has 0 bridgehead atoms. The number of hydrogen-bond acceptors (Lipinski definition) is 7. The summed E-state index contributed by atoms with van der Waals surface area (Å²) < 4.78 is 11.1. The smallest absolute Gasteiger partial charge is 0.158 e. The highest BCUT2D eigenvalue weighted by Gasteiger charge is 2.24. The van der Waals surface area contributed by atoms with Crippen LogP contribution in [0.25, 0.3) is 0 Å². The number of nitrogens with zero attached hydrogens (tertiary/aromatic N) is 3. The molecule has 7 nitrogen and oxygen atoms in total. The minimum absolute atomic E-state index is 0.179. The highest BCUT2D eigenvalue weighted by molar-refractivity contribution is 5.49. The Balaban J connectivity index is 2.20. The van der Waals surface area contributed by atoms with Gasteiger partial charge in [-0.3, -0.25) is 0 Å². The molecule has 1 aliphatic rings. The molecule has 1 fully saturated rings. The Bertz CT molecular complexity index is 433. The summed E-state index contributed by atoms with van der Waals surface area (Å²) in [5.74, 6) is 7.55. The van der Waals surface area contributed by atoms with Gasteiger partial charge >= 0.3 is 0 Å². The third-order valence-electron chi connectivity index (χ3n) is 3.09. The van der Waals surface area contributed by atoms with E-state index >= 15 is 0 Å². The molecular formula is C13H23N5O2. The maximum atomic E-state index is 5.74. The van der Waals surface area contributed by atoms with E-state index in [0.29, 0.717) is 24.9 Å². The molecule has 7 heteroatoms. The molecule has 0 amide bonds. The summed E-state index contributed by atoms with van der Waals surface area (Å²) in [5, 5.41) is 0. The Labute approximate surface area is 119 Å². The number of rotatable bonds is 5. The van der Waals surface area contributed by atoms with Crippen LogP contribution in [-0.4, -0.2) is 41.9 Å². The first-order valence-corrected chi connectivity index (χ1v) is 6.95. The molecule has 1 aromatic heterocycles.